The van der Waals surface area contributed by atoms with E-state index in [0.29, 0.717) is 5.69 Å². The lowest BCUT2D eigenvalue weighted by molar-refractivity contribution is -0.157. The van der Waals surface area contributed by atoms with E-state index in [-0.39, 0.29) is 18.1 Å². The second kappa shape index (κ2) is 7.53. The van der Waals surface area contributed by atoms with Crippen molar-refractivity contribution >= 4 is 29.4 Å². The van der Waals surface area contributed by atoms with Crippen LogP contribution in [-0.2, 0) is 19.1 Å². The maximum absolute atomic E-state index is 12.0. The Morgan fingerprint density at radius 1 is 1.20 bits per heavy atom. The van der Waals surface area contributed by atoms with Crippen LogP contribution in [0, 0.1) is 6.92 Å². The predicted octanol–water partition coefficient (Wildman–Crippen LogP) is 0.0711. The summed E-state index contributed by atoms with van der Waals surface area (Å²) in [5.74, 6) is -2.35. The zero-order valence-corrected chi connectivity index (χ0v) is 12.2. The summed E-state index contributed by atoms with van der Waals surface area (Å²) in [5, 5.41) is 5.95. The Bertz CT molecular complexity index is 484. The third-order valence-electron chi connectivity index (χ3n) is 2.18. The van der Waals surface area contributed by atoms with Crippen molar-refractivity contribution in [2.45, 2.75) is 26.8 Å². The Morgan fingerprint density at radius 3 is 2.15 bits per heavy atom. The largest absolute Gasteiger partial charge is 0.464 e. The standard InChI is InChI=1S/C11H15N3O5S/c1-4-18-10(16)7(11(17)19-5-2)12-9(15)8-6(3)13-14-20-8/h7H,4-5H2,1-3H3,(H,12,15). The first-order valence-electron chi connectivity index (χ1n) is 5.94. The molecule has 0 saturated heterocycles. The van der Waals surface area contributed by atoms with Gasteiger partial charge in [0.15, 0.2) is 0 Å². The Morgan fingerprint density at radius 2 is 1.75 bits per heavy atom. The molecule has 20 heavy (non-hydrogen) atoms. The van der Waals surface area contributed by atoms with Crippen molar-refractivity contribution in [2.24, 2.45) is 0 Å². The van der Waals surface area contributed by atoms with Crippen LogP contribution in [0.5, 0.6) is 0 Å². The summed E-state index contributed by atoms with van der Waals surface area (Å²) >= 11 is 0.872. The zero-order chi connectivity index (χ0) is 15.1. The van der Waals surface area contributed by atoms with Crippen LogP contribution in [0.2, 0.25) is 0 Å². The highest BCUT2D eigenvalue weighted by Gasteiger charge is 2.32. The summed E-state index contributed by atoms with van der Waals surface area (Å²) in [7, 11) is 0. The minimum atomic E-state index is -1.50. The van der Waals surface area contributed by atoms with Gasteiger partial charge in [0.25, 0.3) is 5.91 Å². The molecule has 8 nitrogen and oxygen atoms in total. The molecule has 1 rings (SSSR count). The maximum atomic E-state index is 12.0. The van der Waals surface area contributed by atoms with Gasteiger partial charge >= 0.3 is 11.9 Å². The molecule has 1 aromatic rings. The number of esters is 2. The highest BCUT2D eigenvalue weighted by atomic mass is 32.1. The number of amides is 1. The average Bonchev–Trinajstić information content (AvgIpc) is 2.82. The highest BCUT2D eigenvalue weighted by molar-refractivity contribution is 7.08. The van der Waals surface area contributed by atoms with Crippen molar-refractivity contribution in [2.75, 3.05) is 13.2 Å². The van der Waals surface area contributed by atoms with Gasteiger partial charge in [0.05, 0.1) is 18.9 Å². The molecule has 0 spiro atoms. The molecule has 0 aliphatic carbocycles. The first-order valence-corrected chi connectivity index (χ1v) is 6.71. The van der Waals surface area contributed by atoms with Crippen LogP contribution in [0.15, 0.2) is 0 Å². The van der Waals surface area contributed by atoms with Gasteiger partial charge in [0.1, 0.15) is 4.88 Å². The van der Waals surface area contributed by atoms with E-state index in [2.05, 4.69) is 14.9 Å². The molecular formula is C11H15N3O5S. The van der Waals surface area contributed by atoms with Crippen LogP contribution >= 0.6 is 11.5 Å². The molecule has 110 valence electrons. The van der Waals surface area contributed by atoms with E-state index >= 15 is 0 Å². The van der Waals surface area contributed by atoms with Gasteiger partial charge in [0.2, 0.25) is 6.04 Å². The van der Waals surface area contributed by atoms with Crippen LogP contribution in [0.3, 0.4) is 0 Å². The van der Waals surface area contributed by atoms with Gasteiger partial charge < -0.3 is 14.8 Å². The Hall–Kier alpha value is -2.03. The SMILES string of the molecule is CCOC(=O)C(NC(=O)c1snnc1C)C(=O)OCC. The molecule has 0 unspecified atom stereocenters. The summed E-state index contributed by atoms with van der Waals surface area (Å²) < 4.78 is 13.1. The number of carbonyl (C=O) groups is 3. The number of nitrogens with one attached hydrogen (secondary N) is 1. The van der Waals surface area contributed by atoms with E-state index in [1.54, 1.807) is 20.8 Å². The lowest BCUT2D eigenvalue weighted by Crippen LogP contribution is -2.48. The predicted molar refractivity (Wildman–Crippen MR) is 69.2 cm³/mol. The van der Waals surface area contributed by atoms with E-state index in [4.69, 9.17) is 9.47 Å². The molecule has 0 bridgehead atoms. The van der Waals surface area contributed by atoms with Crippen molar-refractivity contribution in [1.82, 2.24) is 14.9 Å². The fraction of sp³-hybridized carbons (Fsp3) is 0.545. The fourth-order valence-corrected chi connectivity index (χ4v) is 1.86. The van der Waals surface area contributed by atoms with E-state index in [9.17, 15) is 14.4 Å². The highest BCUT2D eigenvalue weighted by Crippen LogP contribution is 2.09. The lowest BCUT2D eigenvalue weighted by Gasteiger charge is -2.15. The average molecular weight is 301 g/mol. The molecular weight excluding hydrogens is 286 g/mol. The second-order valence-electron chi connectivity index (χ2n) is 3.60. The van der Waals surface area contributed by atoms with Crippen LogP contribution in [0.25, 0.3) is 0 Å². The van der Waals surface area contributed by atoms with Crippen molar-refractivity contribution in [3.63, 3.8) is 0 Å². The van der Waals surface area contributed by atoms with Gasteiger partial charge in [-0.1, -0.05) is 4.49 Å². The normalized spacial score (nSPS) is 10.2. The van der Waals surface area contributed by atoms with E-state index in [1.165, 1.54) is 0 Å². The third kappa shape index (κ3) is 3.98. The fourth-order valence-electron chi connectivity index (χ4n) is 1.30. The number of hydrogen-bond donors (Lipinski definition) is 1. The molecule has 0 atom stereocenters. The first kappa shape index (κ1) is 16.0. The summed E-state index contributed by atoms with van der Waals surface area (Å²) in [4.78, 5) is 35.6. The van der Waals surface area contributed by atoms with Crippen molar-refractivity contribution in [1.29, 1.82) is 0 Å². The van der Waals surface area contributed by atoms with Crippen LogP contribution in [0.1, 0.15) is 29.2 Å². The molecule has 0 radical (unpaired) electrons. The topological polar surface area (TPSA) is 107 Å². The number of aromatic nitrogens is 2. The van der Waals surface area contributed by atoms with Crippen LogP contribution in [-0.4, -0.2) is 46.7 Å². The molecule has 0 aromatic carbocycles. The Labute approximate surface area is 119 Å². The molecule has 1 heterocycles. The second-order valence-corrected chi connectivity index (χ2v) is 4.35. The third-order valence-corrected chi connectivity index (χ3v) is 3.00. The summed E-state index contributed by atoms with van der Waals surface area (Å²) in [6, 6.07) is -1.50. The maximum Gasteiger partial charge on any atom is 0.340 e. The van der Waals surface area contributed by atoms with Crippen molar-refractivity contribution in [3.05, 3.63) is 10.6 Å². The van der Waals surface area contributed by atoms with Gasteiger partial charge in [0, 0.05) is 0 Å². The summed E-state index contributed by atoms with van der Waals surface area (Å²) in [6.45, 7) is 4.97. The van der Waals surface area contributed by atoms with Crippen molar-refractivity contribution < 1.29 is 23.9 Å². The van der Waals surface area contributed by atoms with E-state index in [1.807, 2.05) is 0 Å². The van der Waals surface area contributed by atoms with E-state index < -0.39 is 23.9 Å². The van der Waals surface area contributed by atoms with Crippen LogP contribution in [0.4, 0.5) is 0 Å². The molecule has 0 saturated carbocycles. The number of rotatable bonds is 6. The lowest BCUT2D eigenvalue weighted by atomic mass is 10.2. The molecule has 9 heteroatoms. The Balaban J connectivity index is 2.84. The molecule has 0 fully saturated rings. The van der Waals surface area contributed by atoms with Gasteiger partial charge in [-0.3, -0.25) is 4.79 Å². The van der Waals surface area contributed by atoms with E-state index in [0.717, 1.165) is 11.5 Å². The van der Waals surface area contributed by atoms with Gasteiger partial charge in [-0.15, -0.1) is 5.10 Å². The number of hydrogen-bond acceptors (Lipinski definition) is 8. The van der Waals surface area contributed by atoms with Gasteiger partial charge in [-0.2, -0.15) is 0 Å². The molecule has 1 amide bonds. The smallest absolute Gasteiger partial charge is 0.340 e. The molecule has 1 aromatic heterocycles. The first-order chi connectivity index (χ1) is 9.51. The molecule has 0 aliphatic heterocycles. The quantitative estimate of drug-likeness (QED) is 0.585. The number of ether oxygens (including phenoxy) is 2. The number of aryl methyl sites for hydroxylation is 1. The molecule has 1 N–H and O–H groups in total. The monoisotopic (exact) mass is 301 g/mol. The summed E-state index contributed by atoms with van der Waals surface area (Å²) in [5.41, 5.74) is 0.416. The minimum absolute atomic E-state index is 0.0890. The zero-order valence-electron chi connectivity index (χ0n) is 11.3. The van der Waals surface area contributed by atoms with Crippen LogP contribution < -0.4 is 5.32 Å². The number of carbonyl (C=O) groups excluding carboxylic acids is 3. The van der Waals surface area contributed by atoms with Crippen molar-refractivity contribution in [3.8, 4) is 0 Å². The Kier molecular flexibility index (Phi) is 6.04. The minimum Gasteiger partial charge on any atom is -0.464 e. The number of nitrogens with zero attached hydrogens (tertiary/aromatic N) is 2. The van der Waals surface area contributed by atoms with Gasteiger partial charge in [-0.05, 0) is 32.3 Å². The summed E-state index contributed by atoms with van der Waals surface area (Å²) in [6.07, 6.45) is 0. The molecule has 0 aliphatic rings. The van der Waals surface area contributed by atoms with Gasteiger partial charge in [-0.25, -0.2) is 9.59 Å².